The van der Waals surface area contributed by atoms with Crippen molar-refractivity contribution in [2.75, 3.05) is 12.4 Å². The maximum Gasteiger partial charge on any atom is 0.270 e. The van der Waals surface area contributed by atoms with Gasteiger partial charge in [-0.1, -0.05) is 36.4 Å². The molecule has 1 aromatic heterocycles. The lowest BCUT2D eigenvalue weighted by molar-refractivity contribution is 0.0945. The topological polar surface area (TPSA) is 76.1 Å². The smallest absolute Gasteiger partial charge is 0.270 e. The molecule has 0 unspecified atom stereocenters. The average Bonchev–Trinajstić information content (AvgIpc) is 2.72. The molecule has 2 N–H and O–H groups in total. The summed E-state index contributed by atoms with van der Waals surface area (Å²) in [6, 6.07) is 15.4. The number of halogens is 1. The lowest BCUT2D eigenvalue weighted by Gasteiger charge is -2.10. The summed E-state index contributed by atoms with van der Waals surface area (Å²) < 4.78 is 18.9. The number of methoxy groups -OCH3 is 1. The van der Waals surface area contributed by atoms with Gasteiger partial charge in [0.2, 0.25) is 5.95 Å². The van der Waals surface area contributed by atoms with Crippen LogP contribution in [0.25, 0.3) is 0 Å². The normalized spacial score (nSPS) is 10.3. The van der Waals surface area contributed by atoms with Gasteiger partial charge in [0, 0.05) is 30.4 Å². The SMILES string of the molecule is COc1ccccc1CNC(=O)c1ccnc(NCc2ccccc2F)n1. The van der Waals surface area contributed by atoms with Gasteiger partial charge in [-0.25, -0.2) is 14.4 Å². The van der Waals surface area contributed by atoms with Crippen molar-refractivity contribution in [2.24, 2.45) is 0 Å². The first kappa shape index (κ1) is 18.3. The van der Waals surface area contributed by atoms with Gasteiger partial charge in [-0.15, -0.1) is 0 Å². The summed E-state index contributed by atoms with van der Waals surface area (Å²) in [5.74, 6) is 0.309. The molecule has 0 radical (unpaired) electrons. The van der Waals surface area contributed by atoms with Crippen molar-refractivity contribution in [3.05, 3.63) is 83.4 Å². The molecule has 0 saturated carbocycles. The van der Waals surface area contributed by atoms with Crippen molar-refractivity contribution in [3.8, 4) is 5.75 Å². The van der Waals surface area contributed by atoms with E-state index in [-0.39, 0.29) is 29.9 Å². The summed E-state index contributed by atoms with van der Waals surface area (Å²) in [5.41, 5.74) is 1.57. The van der Waals surface area contributed by atoms with Crippen molar-refractivity contribution < 1.29 is 13.9 Å². The Balaban J connectivity index is 1.62. The van der Waals surface area contributed by atoms with Crippen LogP contribution in [0, 0.1) is 5.82 Å². The van der Waals surface area contributed by atoms with Gasteiger partial charge in [-0.3, -0.25) is 4.79 Å². The highest BCUT2D eigenvalue weighted by Gasteiger charge is 2.10. The van der Waals surface area contributed by atoms with Crippen LogP contribution in [0.1, 0.15) is 21.6 Å². The van der Waals surface area contributed by atoms with Crippen molar-refractivity contribution >= 4 is 11.9 Å². The van der Waals surface area contributed by atoms with Crippen molar-refractivity contribution in [2.45, 2.75) is 13.1 Å². The average molecular weight is 366 g/mol. The molecule has 1 heterocycles. The van der Waals surface area contributed by atoms with E-state index in [4.69, 9.17) is 4.74 Å². The van der Waals surface area contributed by atoms with E-state index in [2.05, 4.69) is 20.6 Å². The Kier molecular flexibility index (Phi) is 5.94. The summed E-state index contributed by atoms with van der Waals surface area (Å²) in [7, 11) is 1.58. The third-order valence-electron chi connectivity index (χ3n) is 3.91. The second-order valence-electron chi connectivity index (χ2n) is 5.70. The van der Waals surface area contributed by atoms with E-state index in [1.807, 2.05) is 24.3 Å². The van der Waals surface area contributed by atoms with E-state index in [0.29, 0.717) is 17.9 Å². The molecule has 0 aliphatic heterocycles. The van der Waals surface area contributed by atoms with E-state index in [1.165, 1.54) is 18.3 Å². The van der Waals surface area contributed by atoms with Crippen molar-refractivity contribution in [1.82, 2.24) is 15.3 Å². The van der Waals surface area contributed by atoms with Crippen molar-refractivity contribution in [3.63, 3.8) is 0 Å². The van der Waals surface area contributed by atoms with Gasteiger partial charge < -0.3 is 15.4 Å². The van der Waals surface area contributed by atoms with E-state index in [0.717, 1.165) is 5.56 Å². The standard InChI is InChI=1S/C20H19FN4O2/c1-27-18-9-5-3-7-15(18)13-23-19(26)17-10-11-22-20(25-17)24-12-14-6-2-4-8-16(14)21/h2-11H,12-13H2,1H3,(H,23,26)(H,22,24,25). The molecule has 0 aliphatic rings. The number of hydrogen-bond donors (Lipinski definition) is 2. The number of nitrogens with one attached hydrogen (secondary N) is 2. The first-order valence-corrected chi connectivity index (χ1v) is 8.38. The third-order valence-corrected chi connectivity index (χ3v) is 3.91. The van der Waals surface area contributed by atoms with Crippen LogP contribution in [0.4, 0.5) is 10.3 Å². The molecule has 1 amide bonds. The number of carbonyl (C=O) groups excluding carboxylic acids is 1. The van der Waals surface area contributed by atoms with Gasteiger partial charge in [0.05, 0.1) is 7.11 Å². The first-order valence-electron chi connectivity index (χ1n) is 8.38. The van der Waals surface area contributed by atoms with Gasteiger partial charge in [0.25, 0.3) is 5.91 Å². The number of hydrogen-bond acceptors (Lipinski definition) is 5. The summed E-state index contributed by atoms with van der Waals surface area (Å²) in [5, 5.41) is 5.73. The van der Waals surface area contributed by atoms with Gasteiger partial charge in [-0.05, 0) is 18.2 Å². The van der Waals surface area contributed by atoms with Crippen LogP contribution in [0.3, 0.4) is 0 Å². The Labute approximate surface area is 156 Å². The quantitative estimate of drug-likeness (QED) is 0.672. The molecule has 0 spiro atoms. The maximum absolute atomic E-state index is 13.7. The zero-order valence-corrected chi connectivity index (χ0v) is 14.8. The number of nitrogens with zero attached hydrogens (tertiary/aromatic N) is 2. The Morgan fingerprint density at radius 1 is 1.04 bits per heavy atom. The highest BCUT2D eigenvalue weighted by molar-refractivity contribution is 5.92. The Hall–Kier alpha value is -3.48. The number of carbonyl (C=O) groups is 1. The molecular formula is C20H19FN4O2. The van der Waals surface area contributed by atoms with Crippen LogP contribution < -0.4 is 15.4 Å². The van der Waals surface area contributed by atoms with Gasteiger partial charge in [-0.2, -0.15) is 0 Å². The minimum Gasteiger partial charge on any atom is -0.496 e. The number of rotatable bonds is 7. The van der Waals surface area contributed by atoms with Crippen LogP contribution in [-0.4, -0.2) is 23.0 Å². The fraction of sp³-hybridized carbons (Fsp3) is 0.150. The molecule has 7 heteroatoms. The lowest BCUT2D eigenvalue weighted by atomic mass is 10.2. The van der Waals surface area contributed by atoms with Crippen molar-refractivity contribution in [1.29, 1.82) is 0 Å². The van der Waals surface area contributed by atoms with Gasteiger partial charge in [0.15, 0.2) is 0 Å². The molecule has 138 valence electrons. The molecule has 6 nitrogen and oxygen atoms in total. The third kappa shape index (κ3) is 4.78. The number of benzene rings is 2. The van der Waals surface area contributed by atoms with E-state index in [1.54, 1.807) is 25.3 Å². The number of ether oxygens (including phenoxy) is 1. The highest BCUT2D eigenvalue weighted by Crippen LogP contribution is 2.17. The highest BCUT2D eigenvalue weighted by atomic mass is 19.1. The van der Waals surface area contributed by atoms with Gasteiger partial charge in [0.1, 0.15) is 17.3 Å². The van der Waals surface area contributed by atoms with E-state index in [9.17, 15) is 9.18 Å². The molecule has 0 aliphatic carbocycles. The molecule has 3 rings (SSSR count). The predicted molar refractivity (Wildman–Crippen MR) is 99.9 cm³/mol. The van der Waals surface area contributed by atoms with Crippen LogP contribution in [-0.2, 0) is 13.1 Å². The molecular weight excluding hydrogens is 347 g/mol. The molecule has 0 saturated heterocycles. The Bertz CT molecular complexity index is 933. The van der Waals surface area contributed by atoms with Crippen LogP contribution in [0.5, 0.6) is 5.75 Å². The molecule has 27 heavy (non-hydrogen) atoms. The molecule has 2 aromatic carbocycles. The van der Waals surface area contributed by atoms with Crippen LogP contribution >= 0.6 is 0 Å². The fourth-order valence-electron chi connectivity index (χ4n) is 2.50. The minimum atomic E-state index is -0.336. The number of anilines is 1. The molecule has 0 bridgehead atoms. The first-order chi connectivity index (χ1) is 13.2. The summed E-state index contributed by atoms with van der Waals surface area (Å²) in [6.45, 7) is 0.532. The second kappa shape index (κ2) is 8.75. The Morgan fingerprint density at radius 3 is 2.56 bits per heavy atom. The fourth-order valence-corrected chi connectivity index (χ4v) is 2.50. The van der Waals surface area contributed by atoms with Crippen LogP contribution in [0.2, 0.25) is 0 Å². The largest absolute Gasteiger partial charge is 0.496 e. The summed E-state index contributed by atoms with van der Waals surface area (Å²) in [6.07, 6.45) is 1.48. The molecule has 3 aromatic rings. The maximum atomic E-state index is 13.7. The zero-order valence-electron chi connectivity index (χ0n) is 14.8. The minimum absolute atomic E-state index is 0.218. The molecule has 0 atom stereocenters. The van der Waals surface area contributed by atoms with E-state index < -0.39 is 0 Å². The second-order valence-corrected chi connectivity index (χ2v) is 5.70. The lowest BCUT2D eigenvalue weighted by Crippen LogP contribution is -2.24. The Morgan fingerprint density at radius 2 is 1.78 bits per heavy atom. The summed E-state index contributed by atoms with van der Waals surface area (Å²) in [4.78, 5) is 20.6. The summed E-state index contributed by atoms with van der Waals surface area (Å²) >= 11 is 0. The van der Waals surface area contributed by atoms with E-state index >= 15 is 0 Å². The number of para-hydroxylation sites is 1. The number of aromatic nitrogens is 2. The zero-order chi connectivity index (χ0) is 19.1. The predicted octanol–water partition coefficient (Wildman–Crippen LogP) is 3.17. The number of amides is 1. The monoisotopic (exact) mass is 366 g/mol. The van der Waals surface area contributed by atoms with Gasteiger partial charge >= 0.3 is 0 Å². The molecule has 0 fully saturated rings. The van der Waals surface area contributed by atoms with Crippen LogP contribution in [0.15, 0.2) is 60.8 Å².